The Hall–Kier alpha value is -2.45. The van der Waals surface area contributed by atoms with Gasteiger partial charge in [0.25, 0.3) is 0 Å². The van der Waals surface area contributed by atoms with Crippen molar-refractivity contribution in [3.8, 4) is 5.88 Å². The number of halogens is 1. The number of carbonyl (C=O) groups is 1. The van der Waals surface area contributed by atoms with Gasteiger partial charge in [-0.3, -0.25) is 4.79 Å². The lowest BCUT2D eigenvalue weighted by Crippen LogP contribution is -2.50. The van der Waals surface area contributed by atoms with Gasteiger partial charge in [0.2, 0.25) is 5.88 Å². The Bertz CT molecular complexity index is 1070. The van der Waals surface area contributed by atoms with E-state index in [2.05, 4.69) is 4.98 Å². The summed E-state index contributed by atoms with van der Waals surface area (Å²) in [6, 6.07) is 6.67. The van der Waals surface area contributed by atoms with E-state index in [-0.39, 0.29) is 30.2 Å². The molecule has 8 heteroatoms. The number of fused-ring (bicyclic) bond motifs is 3. The van der Waals surface area contributed by atoms with Crippen molar-refractivity contribution < 1.29 is 28.0 Å². The molecule has 0 saturated heterocycles. The number of benzene rings is 1. The zero-order valence-electron chi connectivity index (χ0n) is 20.7. The van der Waals surface area contributed by atoms with E-state index in [1.54, 1.807) is 32.9 Å². The molecule has 34 heavy (non-hydrogen) atoms. The Morgan fingerprint density at radius 1 is 1.21 bits per heavy atom. The average Bonchev–Trinajstić information content (AvgIpc) is 3.39. The summed E-state index contributed by atoms with van der Waals surface area (Å²) in [5, 5.41) is 0. The van der Waals surface area contributed by atoms with Crippen molar-refractivity contribution >= 4 is 18.9 Å². The van der Waals surface area contributed by atoms with Crippen LogP contribution in [0.2, 0.25) is 0 Å². The predicted molar refractivity (Wildman–Crippen MR) is 127 cm³/mol. The minimum absolute atomic E-state index is 0.0456. The molecule has 2 aliphatic rings. The van der Waals surface area contributed by atoms with E-state index in [1.165, 1.54) is 6.07 Å². The second-order valence-corrected chi connectivity index (χ2v) is 9.99. The van der Waals surface area contributed by atoms with Gasteiger partial charge in [-0.05, 0) is 64.2 Å². The number of esters is 1. The molecule has 3 atom stereocenters. The van der Waals surface area contributed by atoms with Crippen LogP contribution in [0.15, 0.2) is 30.5 Å². The van der Waals surface area contributed by atoms with Gasteiger partial charge < -0.3 is 18.9 Å². The van der Waals surface area contributed by atoms with Gasteiger partial charge >= 0.3 is 13.5 Å². The lowest BCUT2D eigenvalue weighted by atomic mass is 9.82. The minimum Gasteiger partial charge on any atom is -0.473 e. The summed E-state index contributed by atoms with van der Waals surface area (Å²) in [5.74, 6) is 0.425. The quantitative estimate of drug-likeness (QED) is 0.391. The summed E-state index contributed by atoms with van der Waals surface area (Å²) < 4.78 is 36.9. The summed E-state index contributed by atoms with van der Waals surface area (Å²) in [5.41, 5.74) is 2.27. The molecule has 0 bridgehead atoms. The minimum atomic E-state index is -0.589. The third-order valence-electron chi connectivity index (χ3n) is 7.44. The molecule has 181 valence electrons. The van der Waals surface area contributed by atoms with Crippen LogP contribution in [0.1, 0.15) is 57.2 Å². The van der Waals surface area contributed by atoms with Gasteiger partial charge in [-0.25, -0.2) is 9.37 Å². The Balaban J connectivity index is 1.37. The maximum atomic E-state index is 14.4. The van der Waals surface area contributed by atoms with Gasteiger partial charge in [0.1, 0.15) is 12.4 Å². The molecule has 1 radical (unpaired) electrons. The molecule has 2 aromatic rings. The number of hydrogen-bond acceptors (Lipinski definition) is 6. The van der Waals surface area contributed by atoms with E-state index in [0.29, 0.717) is 24.0 Å². The number of pyridine rings is 1. The Labute approximate surface area is 201 Å². The van der Waals surface area contributed by atoms with Crippen molar-refractivity contribution in [1.82, 2.24) is 4.98 Å². The number of rotatable bonds is 10. The predicted octanol–water partition coefficient (Wildman–Crippen LogP) is 3.71. The summed E-state index contributed by atoms with van der Waals surface area (Å²) in [6.45, 7) is 10.1. The number of carbonyl (C=O) groups excluding carboxylic acids is 1. The topological polar surface area (TPSA) is 66.9 Å². The largest absolute Gasteiger partial charge is 0.473 e. The number of aromatic nitrogens is 1. The molecule has 0 aliphatic heterocycles. The van der Waals surface area contributed by atoms with Crippen molar-refractivity contribution in [2.24, 2.45) is 11.8 Å². The highest BCUT2D eigenvalue weighted by Crippen LogP contribution is 2.61. The normalized spacial score (nSPS) is 21.0. The van der Waals surface area contributed by atoms with Crippen LogP contribution in [0.5, 0.6) is 5.88 Å². The molecule has 2 aliphatic carbocycles. The van der Waals surface area contributed by atoms with Crippen LogP contribution in [-0.4, -0.2) is 43.4 Å². The molecule has 6 nitrogen and oxygen atoms in total. The molecule has 1 fully saturated rings. The molecular weight excluding hydrogens is 436 g/mol. The van der Waals surface area contributed by atoms with Crippen LogP contribution in [0, 0.1) is 17.7 Å². The van der Waals surface area contributed by atoms with Gasteiger partial charge in [-0.15, -0.1) is 0 Å². The Morgan fingerprint density at radius 2 is 1.97 bits per heavy atom. The zero-order valence-corrected chi connectivity index (χ0v) is 20.7. The Kier molecular flexibility index (Phi) is 6.75. The highest BCUT2D eigenvalue weighted by Gasteiger charge is 2.60. The third-order valence-corrected chi connectivity index (χ3v) is 7.44. The fraction of sp³-hybridized carbons (Fsp3) is 0.538. The first-order chi connectivity index (χ1) is 16.1. The van der Waals surface area contributed by atoms with E-state index < -0.39 is 11.2 Å². The molecule has 3 unspecified atom stereocenters. The second kappa shape index (κ2) is 9.31. The fourth-order valence-electron chi connectivity index (χ4n) is 4.44. The smallest absolute Gasteiger partial charge is 0.330 e. The van der Waals surface area contributed by atoms with Gasteiger partial charge in [0.05, 0.1) is 23.7 Å². The summed E-state index contributed by atoms with van der Waals surface area (Å²) in [6.07, 6.45) is 2.59. The summed E-state index contributed by atoms with van der Waals surface area (Å²) >= 11 is 0. The molecule has 1 saturated carbocycles. The average molecular weight is 468 g/mol. The van der Waals surface area contributed by atoms with Crippen LogP contribution < -0.4 is 10.2 Å². The number of hydrogen-bond donors (Lipinski definition) is 0. The highest BCUT2D eigenvalue weighted by molar-refractivity contribution is 6.47. The lowest BCUT2D eigenvalue weighted by Gasteiger charge is -2.40. The van der Waals surface area contributed by atoms with Gasteiger partial charge in [-0.2, -0.15) is 0 Å². The molecule has 4 rings (SSSR count). The van der Waals surface area contributed by atoms with Crippen LogP contribution >= 0.6 is 0 Å². The van der Waals surface area contributed by atoms with Gasteiger partial charge in [0, 0.05) is 30.9 Å². The first-order valence-corrected chi connectivity index (χ1v) is 11.7. The lowest BCUT2D eigenvalue weighted by molar-refractivity contribution is -0.145. The highest BCUT2D eigenvalue weighted by atomic mass is 19.1. The third kappa shape index (κ3) is 4.71. The van der Waals surface area contributed by atoms with E-state index in [1.807, 2.05) is 40.7 Å². The van der Waals surface area contributed by atoms with Crippen molar-refractivity contribution in [3.05, 3.63) is 53.0 Å². The molecule has 0 N–H and O–H groups in total. The van der Waals surface area contributed by atoms with Crippen LogP contribution in [0.25, 0.3) is 0 Å². The summed E-state index contributed by atoms with van der Waals surface area (Å²) in [7, 11) is 3.26. The number of ether oxygens (including phenoxy) is 3. The monoisotopic (exact) mass is 468 g/mol. The molecule has 1 heterocycles. The fourth-order valence-corrected chi connectivity index (χ4v) is 4.44. The standard InChI is InChI=1S/C26H32BFNO5/c1-7-32-24(30)23-18-11-15-12-21(29-13-19(15)22(18)23)33-14-16-10-17(8-9-20(16)28)27-34-26(4,5)25(2,3)31-6/h8-10,12-13,18,22-23H,7,11,14H2,1-6H3. The molecule has 1 aromatic carbocycles. The maximum absolute atomic E-state index is 14.4. The second-order valence-electron chi connectivity index (χ2n) is 9.99. The number of nitrogens with zero attached hydrogens (tertiary/aromatic N) is 1. The van der Waals surface area contributed by atoms with E-state index >= 15 is 0 Å². The SMILES string of the molecule is CCOC(=O)C1C2Cc3cc(OCc4cc([B]OC(C)(C)C(C)(C)OC)ccc4F)ncc3C21. The van der Waals surface area contributed by atoms with E-state index in [0.717, 1.165) is 23.0 Å². The first-order valence-electron chi connectivity index (χ1n) is 11.7. The maximum Gasteiger partial charge on any atom is 0.330 e. The van der Waals surface area contributed by atoms with Crippen molar-refractivity contribution in [2.45, 2.75) is 64.8 Å². The molecule has 0 amide bonds. The van der Waals surface area contributed by atoms with Crippen LogP contribution in [0.3, 0.4) is 0 Å². The van der Waals surface area contributed by atoms with Crippen LogP contribution in [0.4, 0.5) is 4.39 Å². The molecule has 1 aromatic heterocycles. The summed E-state index contributed by atoms with van der Waals surface area (Å²) in [4.78, 5) is 16.5. The Morgan fingerprint density at radius 3 is 2.68 bits per heavy atom. The first kappa shape index (κ1) is 24.7. The number of methoxy groups -OCH3 is 1. The van der Waals surface area contributed by atoms with E-state index in [9.17, 15) is 9.18 Å². The van der Waals surface area contributed by atoms with Crippen molar-refractivity contribution in [2.75, 3.05) is 13.7 Å². The van der Waals surface area contributed by atoms with E-state index in [4.69, 9.17) is 18.9 Å². The van der Waals surface area contributed by atoms with Crippen molar-refractivity contribution in [3.63, 3.8) is 0 Å². The molecular formula is C26H32BFNO5. The van der Waals surface area contributed by atoms with Gasteiger partial charge in [0.15, 0.2) is 0 Å². The van der Waals surface area contributed by atoms with Crippen LogP contribution in [-0.2, 0) is 32.0 Å². The molecule has 0 spiro atoms. The zero-order chi connectivity index (χ0) is 24.7. The van der Waals surface area contributed by atoms with Crippen molar-refractivity contribution in [1.29, 1.82) is 0 Å². The van der Waals surface area contributed by atoms with Gasteiger partial charge in [-0.1, -0.05) is 17.6 Å².